The van der Waals surface area contributed by atoms with Gasteiger partial charge in [-0.3, -0.25) is 0 Å². The number of benzene rings is 2. The third kappa shape index (κ3) is 15.9. The Labute approximate surface area is 323 Å². The van der Waals surface area contributed by atoms with Crippen LogP contribution >= 0.6 is 0 Å². The number of unbranched alkanes of at least 4 members (excludes halogenated alkanes) is 8. The van der Waals surface area contributed by atoms with Gasteiger partial charge in [0.15, 0.2) is 0 Å². The normalized spacial score (nSPS) is 13.1. The zero-order chi connectivity index (χ0) is 37.3. The Hall–Kier alpha value is -1.99. The van der Waals surface area contributed by atoms with Crippen LogP contribution in [0.15, 0.2) is 47.5 Å². The number of allylic oxidation sites excluding steroid dienone is 2. The van der Waals surface area contributed by atoms with Crippen LogP contribution < -0.4 is 0 Å². The van der Waals surface area contributed by atoms with E-state index < -0.39 is 0 Å². The molecule has 1 aliphatic rings. The second-order valence-electron chi connectivity index (χ2n) is 14.8. The van der Waals surface area contributed by atoms with Crippen molar-refractivity contribution in [1.82, 2.24) is 0 Å². The van der Waals surface area contributed by atoms with Crippen LogP contribution in [0.4, 0.5) is 0 Å². The molecule has 0 amide bonds. The Morgan fingerprint density at radius 3 is 0.941 bits per heavy atom. The van der Waals surface area contributed by atoms with Crippen LogP contribution in [0.2, 0.25) is 10.8 Å². The molecule has 0 aromatic heterocycles. The van der Waals surface area contributed by atoms with Gasteiger partial charge < -0.3 is 5.53 Å². The summed E-state index contributed by atoms with van der Waals surface area (Å²) in [6.45, 7) is 18.2. The molecular formula is C48H78N2Ni. The predicted octanol–water partition coefficient (Wildman–Crippen LogP) is 16.1. The molecule has 0 saturated heterocycles. The quantitative estimate of drug-likeness (QED) is 0.0521. The third-order valence-corrected chi connectivity index (χ3v) is 11.4. The molecule has 2 aromatic carbocycles. The number of rotatable bonds is 26. The van der Waals surface area contributed by atoms with Gasteiger partial charge in [0.2, 0.25) is 11.4 Å². The summed E-state index contributed by atoms with van der Waals surface area (Å²) < 4.78 is 1.63. The number of hydrogen-bond acceptors (Lipinski definition) is 0. The zero-order valence-electron chi connectivity index (χ0n) is 34.6. The van der Waals surface area contributed by atoms with E-state index in [-0.39, 0.29) is 0 Å². The van der Waals surface area contributed by atoms with E-state index in [2.05, 4.69) is 91.8 Å². The molecule has 0 N–H and O–H groups in total. The Morgan fingerprint density at radius 2 is 0.667 bits per heavy atom. The van der Waals surface area contributed by atoms with Crippen LogP contribution in [0, 0.1) is 0 Å². The van der Waals surface area contributed by atoms with Crippen molar-refractivity contribution < 1.29 is 19.1 Å². The predicted molar refractivity (Wildman–Crippen MR) is 223 cm³/mol. The van der Waals surface area contributed by atoms with Gasteiger partial charge in [-0.15, -0.1) is 0 Å². The molecule has 0 unspecified atom stereocenters. The second-order valence-corrected chi connectivity index (χ2v) is 16.3. The molecule has 0 aliphatic carbocycles. The van der Waals surface area contributed by atoms with Crippen molar-refractivity contribution in [2.24, 2.45) is 0 Å². The minimum absolute atomic E-state index is 1.02. The first kappa shape index (κ1) is 45.2. The Kier molecular flexibility index (Phi) is 24.4. The van der Waals surface area contributed by atoms with Gasteiger partial charge in [-0.05, 0) is 124 Å². The monoisotopic (exact) mass is 741 g/mol. The Bertz CT molecular complexity index is 1180. The molecule has 290 valence electrons. The molecule has 2 aromatic rings. The summed E-state index contributed by atoms with van der Waals surface area (Å²) >= 11 is 1.94. The summed E-state index contributed by atoms with van der Waals surface area (Å²) in [5.74, 6) is 0. The van der Waals surface area contributed by atoms with Crippen molar-refractivity contribution in [2.75, 3.05) is 0 Å². The van der Waals surface area contributed by atoms with Crippen molar-refractivity contribution in [3.63, 3.8) is 0 Å². The Balaban J connectivity index is 0.000000880. The van der Waals surface area contributed by atoms with E-state index >= 15 is 0 Å². The van der Waals surface area contributed by atoms with Crippen LogP contribution in [0.5, 0.6) is 0 Å². The summed E-state index contributed by atoms with van der Waals surface area (Å²) in [6, 6.07) is 14.4. The van der Waals surface area contributed by atoms with Crippen molar-refractivity contribution in [3.05, 3.63) is 86.5 Å². The molecule has 0 spiro atoms. The van der Waals surface area contributed by atoms with E-state index in [9.17, 15) is 5.53 Å². The van der Waals surface area contributed by atoms with Crippen LogP contribution in [-0.2, 0) is 40.1 Å². The molecule has 0 saturated carbocycles. The fourth-order valence-electron chi connectivity index (χ4n) is 6.85. The van der Waals surface area contributed by atoms with Crippen LogP contribution in [-0.4, -0.2) is 4.70 Å². The fourth-order valence-corrected chi connectivity index (χ4v) is 8.29. The maximum atomic E-state index is 12.3. The van der Waals surface area contributed by atoms with Crippen molar-refractivity contribution >= 4 is 11.4 Å². The SMILES string of the molecule is CCCCC1=C(c2cc(CCCC)cc(CCCC)c2)[N+](=[N-])C(c2cc(CCCC)cc(CCCC)c2)=C1CCCC.CCC[CH2][Ni][CH2]CCC. The van der Waals surface area contributed by atoms with Gasteiger partial charge in [0.05, 0.1) is 0 Å². The minimum atomic E-state index is 1.02. The standard InChI is InChI=1S/C40H60N2.2C4H9.Ni/c1-7-13-19-31-25-32(20-14-8-2)28-35(27-31)39-37(23-17-11-5)38(24-18-12-6)40(42(39)41)36-29-33(21-15-9-3)26-34(30-36)22-16-10-4;2*1-3-4-2;/h25-30H,7-24H2,1-6H3;2*1,3-4H2,2H3;. The van der Waals surface area contributed by atoms with E-state index in [4.69, 9.17) is 0 Å². The average Bonchev–Trinajstić information content (AvgIpc) is 3.42. The van der Waals surface area contributed by atoms with Crippen LogP contribution in [0.3, 0.4) is 0 Å². The fraction of sp³-hybridized carbons (Fsp3) is 0.667. The van der Waals surface area contributed by atoms with Gasteiger partial charge in [0.25, 0.3) is 0 Å². The molecule has 0 radical (unpaired) electrons. The summed E-state index contributed by atoms with van der Waals surface area (Å²) in [5, 5.41) is 2.78. The number of hydrogen-bond donors (Lipinski definition) is 0. The molecule has 2 nitrogen and oxygen atoms in total. The first-order chi connectivity index (χ1) is 24.9. The summed E-state index contributed by atoms with van der Waals surface area (Å²) in [5.41, 5.74) is 25.2. The van der Waals surface area contributed by atoms with E-state index in [0.29, 0.717) is 0 Å². The van der Waals surface area contributed by atoms with Gasteiger partial charge in [-0.25, -0.2) is 4.70 Å². The van der Waals surface area contributed by atoms with Crippen molar-refractivity contribution in [1.29, 1.82) is 0 Å². The number of nitrogens with zero attached hydrogens (tertiary/aromatic N) is 2. The van der Waals surface area contributed by atoms with Crippen molar-refractivity contribution in [3.8, 4) is 0 Å². The first-order valence-electron chi connectivity index (χ1n) is 21.6. The molecule has 0 atom stereocenters. The average molecular weight is 742 g/mol. The summed E-state index contributed by atoms with van der Waals surface area (Å²) in [7, 11) is 0. The van der Waals surface area contributed by atoms with Gasteiger partial charge in [0, 0.05) is 22.3 Å². The van der Waals surface area contributed by atoms with E-state index in [1.807, 2.05) is 14.4 Å². The van der Waals surface area contributed by atoms with Crippen molar-refractivity contribution in [2.45, 2.75) is 207 Å². The molecule has 1 aliphatic heterocycles. The molecule has 3 heteroatoms. The van der Waals surface area contributed by atoms with Gasteiger partial charge in [0.1, 0.15) is 0 Å². The molecule has 1 heterocycles. The molecule has 3 rings (SSSR count). The van der Waals surface area contributed by atoms with E-state index in [1.54, 1.807) is 4.70 Å². The molecular weight excluding hydrogens is 663 g/mol. The molecule has 0 fully saturated rings. The summed E-state index contributed by atoms with van der Waals surface area (Å²) in [4.78, 5) is 0. The van der Waals surface area contributed by atoms with E-state index in [0.717, 1.165) is 75.6 Å². The molecule has 0 bridgehead atoms. The second kappa shape index (κ2) is 27.6. The van der Waals surface area contributed by atoms with Crippen LogP contribution in [0.25, 0.3) is 16.9 Å². The van der Waals surface area contributed by atoms with Gasteiger partial charge >= 0.3 is 64.8 Å². The zero-order valence-corrected chi connectivity index (χ0v) is 35.6. The Morgan fingerprint density at radius 1 is 0.392 bits per heavy atom. The third-order valence-electron chi connectivity index (χ3n) is 10.0. The van der Waals surface area contributed by atoms with Gasteiger partial charge in [-0.1, -0.05) is 92.2 Å². The van der Waals surface area contributed by atoms with E-state index in [1.165, 1.54) is 132 Å². The maximum absolute atomic E-state index is 12.3. The van der Waals surface area contributed by atoms with Crippen LogP contribution in [0.1, 0.15) is 204 Å². The topological polar surface area (TPSA) is 25.3 Å². The number of aryl methyl sites for hydroxylation is 4. The molecule has 51 heavy (non-hydrogen) atoms. The first-order valence-corrected chi connectivity index (χ1v) is 23.0. The summed E-state index contributed by atoms with van der Waals surface area (Å²) in [6.07, 6.45) is 26.2. The van der Waals surface area contributed by atoms with Gasteiger partial charge in [-0.2, -0.15) is 0 Å².